The number of hydrogen-bond donors (Lipinski definition) is 1. The first-order valence-corrected chi connectivity index (χ1v) is 7.14. The van der Waals surface area contributed by atoms with Crippen LogP contribution < -0.4 is 0 Å². The molecule has 2 saturated heterocycles. The van der Waals surface area contributed by atoms with Crippen LogP contribution in [0.5, 0.6) is 0 Å². The molecule has 0 aromatic rings. The van der Waals surface area contributed by atoms with Gasteiger partial charge in [0.1, 0.15) is 0 Å². The number of piperidine rings is 1. The van der Waals surface area contributed by atoms with Crippen LogP contribution in [0.3, 0.4) is 0 Å². The van der Waals surface area contributed by atoms with Gasteiger partial charge in [0.25, 0.3) is 0 Å². The number of carbonyl (C=O) groups excluding carboxylic acids is 1. The normalized spacial score (nSPS) is 24.1. The monoisotopic (exact) mass is 294 g/mol. The topological polar surface area (TPSA) is 43.8 Å². The summed E-state index contributed by atoms with van der Waals surface area (Å²) in [6.07, 6.45) is -3.61. The van der Waals surface area contributed by atoms with Crippen LogP contribution in [0.15, 0.2) is 0 Å². The number of halogens is 3. The fourth-order valence-corrected chi connectivity index (χ4v) is 2.91. The number of alkyl halides is 3. The number of carbonyl (C=O) groups is 1. The standard InChI is InChI=1S/C13H21F3N2O2/c14-13(15,16)11(19)9-17-7-3-10(4-8-17)12(20)18-5-1-2-6-18/h10-11,19H,1-9H2. The summed E-state index contributed by atoms with van der Waals surface area (Å²) in [5.74, 6) is 0.0888. The third-order valence-electron chi connectivity index (χ3n) is 4.16. The number of hydrogen-bond acceptors (Lipinski definition) is 3. The maximum atomic E-state index is 12.3. The van der Waals surface area contributed by atoms with Crippen LogP contribution in [0.2, 0.25) is 0 Å². The highest BCUT2D eigenvalue weighted by molar-refractivity contribution is 5.79. The molecule has 1 atom stereocenters. The minimum absolute atomic E-state index is 0.0626. The molecule has 2 aliphatic rings. The van der Waals surface area contributed by atoms with Crippen LogP contribution in [0.25, 0.3) is 0 Å². The lowest BCUT2D eigenvalue weighted by atomic mass is 9.95. The summed E-state index contributed by atoms with van der Waals surface area (Å²) in [6, 6.07) is 0. The Labute approximate surface area is 116 Å². The van der Waals surface area contributed by atoms with Gasteiger partial charge in [0.05, 0.1) is 0 Å². The Hall–Kier alpha value is -0.820. The van der Waals surface area contributed by atoms with Crippen LogP contribution in [-0.4, -0.2) is 65.8 Å². The van der Waals surface area contributed by atoms with E-state index in [9.17, 15) is 18.0 Å². The minimum atomic E-state index is -4.57. The molecule has 0 radical (unpaired) electrons. The fraction of sp³-hybridized carbons (Fsp3) is 0.923. The van der Waals surface area contributed by atoms with E-state index < -0.39 is 18.8 Å². The van der Waals surface area contributed by atoms with Crippen molar-refractivity contribution in [2.45, 2.75) is 38.0 Å². The molecule has 1 unspecified atom stereocenters. The zero-order chi connectivity index (χ0) is 14.8. The Balaban J connectivity index is 1.76. The number of rotatable bonds is 3. The van der Waals surface area contributed by atoms with Crippen molar-refractivity contribution in [3.05, 3.63) is 0 Å². The van der Waals surface area contributed by atoms with Gasteiger partial charge < -0.3 is 14.9 Å². The van der Waals surface area contributed by atoms with E-state index in [1.165, 1.54) is 0 Å². The fourth-order valence-electron chi connectivity index (χ4n) is 2.91. The van der Waals surface area contributed by atoms with Gasteiger partial charge in [-0.15, -0.1) is 0 Å². The van der Waals surface area contributed by atoms with Gasteiger partial charge in [-0.1, -0.05) is 0 Å². The molecule has 0 aromatic heterocycles. The van der Waals surface area contributed by atoms with Crippen LogP contribution in [-0.2, 0) is 4.79 Å². The van der Waals surface area contributed by atoms with Crippen molar-refractivity contribution < 1.29 is 23.1 Å². The lowest BCUT2D eigenvalue weighted by Gasteiger charge is -2.34. The van der Waals surface area contributed by atoms with Crippen LogP contribution in [0.1, 0.15) is 25.7 Å². The van der Waals surface area contributed by atoms with Gasteiger partial charge in [-0.25, -0.2) is 0 Å². The molecule has 2 aliphatic heterocycles. The Kier molecular flexibility index (Phi) is 4.90. The first-order chi connectivity index (χ1) is 9.38. The molecule has 1 N–H and O–H groups in total. The SMILES string of the molecule is O=C(C1CCN(CC(O)C(F)(F)F)CC1)N1CCCC1. The van der Waals surface area contributed by atoms with Gasteiger partial charge in [-0.05, 0) is 38.8 Å². The summed E-state index contributed by atoms with van der Waals surface area (Å²) in [5, 5.41) is 9.04. The molecule has 4 nitrogen and oxygen atoms in total. The second-order valence-electron chi connectivity index (χ2n) is 5.66. The largest absolute Gasteiger partial charge is 0.415 e. The molecule has 0 aliphatic carbocycles. The highest BCUT2D eigenvalue weighted by Gasteiger charge is 2.40. The average molecular weight is 294 g/mol. The van der Waals surface area contributed by atoms with E-state index in [1.807, 2.05) is 4.90 Å². The summed E-state index contributed by atoms with van der Waals surface area (Å²) in [6.45, 7) is 2.11. The Morgan fingerprint density at radius 2 is 1.70 bits per heavy atom. The zero-order valence-corrected chi connectivity index (χ0v) is 11.4. The van der Waals surface area contributed by atoms with Gasteiger partial charge in [0.2, 0.25) is 5.91 Å². The van der Waals surface area contributed by atoms with Gasteiger partial charge in [-0.2, -0.15) is 13.2 Å². The number of likely N-dealkylation sites (tertiary alicyclic amines) is 2. The van der Waals surface area contributed by atoms with Crippen molar-refractivity contribution in [3.63, 3.8) is 0 Å². The number of nitrogens with zero attached hydrogens (tertiary/aromatic N) is 2. The maximum Gasteiger partial charge on any atom is 0.415 e. The Morgan fingerprint density at radius 1 is 1.15 bits per heavy atom. The van der Waals surface area contributed by atoms with Gasteiger partial charge >= 0.3 is 6.18 Å². The first kappa shape index (κ1) is 15.6. The van der Waals surface area contributed by atoms with Crippen molar-refractivity contribution in [1.82, 2.24) is 9.80 Å². The van der Waals surface area contributed by atoms with Crippen LogP contribution >= 0.6 is 0 Å². The van der Waals surface area contributed by atoms with Crippen molar-refractivity contribution >= 4 is 5.91 Å². The van der Waals surface area contributed by atoms with Crippen molar-refractivity contribution in [2.24, 2.45) is 5.92 Å². The van der Waals surface area contributed by atoms with Crippen molar-refractivity contribution in [1.29, 1.82) is 0 Å². The number of amides is 1. The number of β-amino-alcohol motifs (C(OH)–C–C–N with tert-alkyl or cyclic N) is 1. The molecule has 0 spiro atoms. The smallest absolute Gasteiger partial charge is 0.382 e. The molecule has 7 heteroatoms. The summed E-state index contributed by atoms with van der Waals surface area (Å²) >= 11 is 0. The Morgan fingerprint density at radius 3 is 2.20 bits per heavy atom. The number of aliphatic hydroxyl groups is 1. The summed E-state index contributed by atoms with van der Waals surface area (Å²) < 4.78 is 36.8. The maximum absolute atomic E-state index is 12.3. The molecule has 0 bridgehead atoms. The third-order valence-corrected chi connectivity index (χ3v) is 4.16. The van der Waals surface area contributed by atoms with Crippen LogP contribution in [0.4, 0.5) is 13.2 Å². The molecule has 2 heterocycles. The third kappa shape index (κ3) is 3.85. The minimum Gasteiger partial charge on any atom is -0.382 e. The summed E-state index contributed by atoms with van der Waals surface area (Å²) in [5.41, 5.74) is 0. The van der Waals surface area contributed by atoms with Gasteiger partial charge in [0, 0.05) is 25.6 Å². The molecule has 116 valence electrons. The molecule has 2 rings (SSSR count). The van der Waals surface area contributed by atoms with Gasteiger partial charge in [0.15, 0.2) is 6.10 Å². The quantitative estimate of drug-likeness (QED) is 0.852. The molecule has 20 heavy (non-hydrogen) atoms. The second-order valence-corrected chi connectivity index (χ2v) is 5.66. The molecule has 1 amide bonds. The molecular weight excluding hydrogens is 273 g/mol. The van der Waals surface area contributed by atoms with E-state index in [1.54, 1.807) is 4.90 Å². The van der Waals surface area contributed by atoms with E-state index in [4.69, 9.17) is 5.11 Å². The van der Waals surface area contributed by atoms with E-state index in [2.05, 4.69) is 0 Å². The van der Waals surface area contributed by atoms with E-state index >= 15 is 0 Å². The second kappa shape index (κ2) is 6.30. The highest BCUT2D eigenvalue weighted by Crippen LogP contribution is 2.25. The lowest BCUT2D eigenvalue weighted by molar-refractivity contribution is -0.208. The van der Waals surface area contributed by atoms with E-state index in [0.29, 0.717) is 25.9 Å². The van der Waals surface area contributed by atoms with Gasteiger partial charge in [-0.3, -0.25) is 4.79 Å². The lowest BCUT2D eigenvalue weighted by Crippen LogP contribution is -2.46. The van der Waals surface area contributed by atoms with E-state index in [-0.39, 0.29) is 11.8 Å². The first-order valence-electron chi connectivity index (χ1n) is 7.14. The van der Waals surface area contributed by atoms with Crippen molar-refractivity contribution in [3.8, 4) is 0 Å². The van der Waals surface area contributed by atoms with Crippen LogP contribution in [0, 0.1) is 5.92 Å². The highest BCUT2D eigenvalue weighted by atomic mass is 19.4. The van der Waals surface area contributed by atoms with E-state index in [0.717, 1.165) is 25.9 Å². The summed E-state index contributed by atoms with van der Waals surface area (Å²) in [4.78, 5) is 15.6. The number of aliphatic hydroxyl groups excluding tert-OH is 1. The van der Waals surface area contributed by atoms with Crippen molar-refractivity contribution in [2.75, 3.05) is 32.7 Å². The molecule has 0 aromatic carbocycles. The molecular formula is C13H21F3N2O2. The predicted octanol–water partition coefficient (Wildman–Crippen LogP) is 1.24. The summed E-state index contributed by atoms with van der Waals surface area (Å²) in [7, 11) is 0. The Bertz CT molecular complexity index is 335. The zero-order valence-electron chi connectivity index (χ0n) is 11.4. The average Bonchev–Trinajstić information content (AvgIpc) is 2.91. The predicted molar refractivity (Wildman–Crippen MR) is 67.0 cm³/mol. The molecule has 0 saturated carbocycles. The molecule has 2 fully saturated rings.